The summed E-state index contributed by atoms with van der Waals surface area (Å²) in [5.74, 6) is -0.0933. The average Bonchev–Trinajstić information content (AvgIpc) is 2.62. The van der Waals surface area contributed by atoms with Gasteiger partial charge in [0.15, 0.2) is 0 Å². The first kappa shape index (κ1) is 8.25. The molecule has 5 heteroatoms. The Labute approximate surface area is 75.7 Å². The van der Waals surface area contributed by atoms with Crippen LogP contribution in [-0.2, 0) is 0 Å². The standard InChI is InChI=1S/C8H12N4O/c1-4-5(3-10-12-4)8(13)11-7-2-6(7)9/h3,6-7H,2,9H2,1H3,(H,10,12)(H,11,13). The van der Waals surface area contributed by atoms with E-state index in [2.05, 4.69) is 15.5 Å². The first-order chi connectivity index (χ1) is 6.18. The summed E-state index contributed by atoms with van der Waals surface area (Å²) in [4.78, 5) is 11.5. The number of carbonyl (C=O) groups excluding carboxylic acids is 1. The molecule has 4 N–H and O–H groups in total. The van der Waals surface area contributed by atoms with Gasteiger partial charge in [-0.3, -0.25) is 9.89 Å². The zero-order chi connectivity index (χ0) is 9.42. The van der Waals surface area contributed by atoms with Crippen LogP contribution in [0, 0.1) is 6.92 Å². The van der Waals surface area contributed by atoms with Crippen LogP contribution in [0.4, 0.5) is 0 Å². The van der Waals surface area contributed by atoms with Gasteiger partial charge in [-0.1, -0.05) is 0 Å². The van der Waals surface area contributed by atoms with Crippen molar-refractivity contribution in [3.63, 3.8) is 0 Å². The van der Waals surface area contributed by atoms with Crippen LogP contribution in [0.5, 0.6) is 0 Å². The molecule has 1 aliphatic rings. The van der Waals surface area contributed by atoms with Crippen molar-refractivity contribution in [3.8, 4) is 0 Å². The number of aromatic amines is 1. The van der Waals surface area contributed by atoms with E-state index in [1.165, 1.54) is 6.20 Å². The van der Waals surface area contributed by atoms with Crippen LogP contribution in [-0.4, -0.2) is 28.2 Å². The highest BCUT2D eigenvalue weighted by Crippen LogP contribution is 2.18. The minimum absolute atomic E-state index is 0.0933. The van der Waals surface area contributed by atoms with Gasteiger partial charge in [-0.25, -0.2) is 0 Å². The highest BCUT2D eigenvalue weighted by Gasteiger charge is 2.35. The maximum absolute atomic E-state index is 11.5. The predicted molar refractivity (Wildman–Crippen MR) is 47.2 cm³/mol. The molecule has 0 spiro atoms. The third-order valence-corrected chi connectivity index (χ3v) is 2.23. The van der Waals surface area contributed by atoms with Crippen LogP contribution in [0.15, 0.2) is 6.20 Å². The second-order valence-electron chi connectivity index (χ2n) is 3.39. The Morgan fingerprint density at radius 1 is 1.85 bits per heavy atom. The summed E-state index contributed by atoms with van der Waals surface area (Å²) < 4.78 is 0. The maximum Gasteiger partial charge on any atom is 0.255 e. The molecule has 1 aliphatic carbocycles. The van der Waals surface area contributed by atoms with Crippen molar-refractivity contribution in [1.29, 1.82) is 0 Å². The summed E-state index contributed by atoms with van der Waals surface area (Å²) in [6, 6.07) is 0.290. The first-order valence-electron chi connectivity index (χ1n) is 4.25. The fraction of sp³-hybridized carbons (Fsp3) is 0.500. The molecule has 13 heavy (non-hydrogen) atoms. The molecule has 1 saturated carbocycles. The van der Waals surface area contributed by atoms with Crippen LogP contribution >= 0.6 is 0 Å². The van der Waals surface area contributed by atoms with Crippen LogP contribution in [0.25, 0.3) is 0 Å². The van der Waals surface area contributed by atoms with Crippen molar-refractivity contribution in [1.82, 2.24) is 15.5 Å². The molecule has 0 aliphatic heterocycles. The minimum atomic E-state index is -0.0933. The molecule has 0 aromatic carbocycles. The van der Waals surface area contributed by atoms with Gasteiger partial charge in [0, 0.05) is 17.8 Å². The number of carbonyl (C=O) groups is 1. The number of nitrogens with one attached hydrogen (secondary N) is 2. The second-order valence-corrected chi connectivity index (χ2v) is 3.39. The van der Waals surface area contributed by atoms with Crippen LogP contribution in [0.1, 0.15) is 22.5 Å². The third-order valence-electron chi connectivity index (χ3n) is 2.23. The van der Waals surface area contributed by atoms with Crippen LogP contribution in [0.3, 0.4) is 0 Å². The molecule has 1 fully saturated rings. The molecule has 0 radical (unpaired) electrons. The summed E-state index contributed by atoms with van der Waals surface area (Å²) in [7, 11) is 0. The highest BCUT2D eigenvalue weighted by molar-refractivity contribution is 5.95. The number of rotatable bonds is 2. The Kier molecular flexibility index (Phi) is 1.81. The molecule has 1 aromatic rings. The summed E-state index contributed by atoms with van der Waals surface area (Å²) in [5.41, 5.74) is 6.95. The Morgan fingerprint density at radius 2 is 2.54 bits per heavy atom. The third kappa shape index (κ3) is 1.55. The summed E-state index contributed by atoms with van der Waals surface area (Å²) >= 11 is 0. The summed E-state index contributed by atoms with van der Waals surface area (Å²) in [6.45, 7) is 1.81. The van der Waals surface area contributed by atoms with Crippen molar-refractivity contribution >= 4 is 5.91 Å². The molecule has 1 heterocycles. The number of nitrogens with zero attached hydrogens (tertiary/aromatic N) is 1. The zero-order valence-corrected chi connectivity index (χ0v) is 7.37. The monoisotopic (exact) mass is 180 g/mol. The van der Waals surface area contributed by atoms with Gasteiger partial charge in [0.2, 0.25) is 0 Å². The van der Waals surface area contributed by atoms with E-state index in [1.807, 2.05) is 6.92 Å². The topological polar surface area (TPSA) is 83.8 Å². The Morgan fingerprint density at radius 3 is 3.00 bits per heavy atom. The number of aryl methyl sites for hydroxylation is 1. The van der Waals surface area contributed by atoms with Crippen molar-refractivity contribution in [2.24, 2.45) is 5.73 Å². The first-order valence-corrected chi connectivity index (χ1v) is 4.25. The fourth-order valence-corrected chi connectivity index (χ4v) is 1.21. The summed E-state index contributed by atoms with van der Waals surface area (Å²) in [6.07, 6.45) is 2.40. The van der Waals surface area contributed by atoms with Gasteiger partial charge in [0.25, 0.3) is 5.91 Å². The fourth-order valence-electron chi connectivity index (χ4n) is 1.21. The molecule has 2 rings (SSSR count). The number of H-pyrrole nitrogens is 1. The lowest BCUT2D eigenvalue weighted by atomic mass is 10.2. The Balaban J connectivity index is 2.01. The lowest BCUT2D eigenvalue weighted by Gasteiger charge is -2.01. The quantitative estimate of drug-likeness (QED) is 0.576. The molecular formula is C8H12N4O. The van der Waals surface area contributed by atoms with Gasteiger partial charge in [-0.05, 0) is 13.3 Å². The van der Waals surface area contributed by atoms with Crippen molar-refractivity contribution in [2.45, 2.75) is 25.4 Å². The molecule has 70 valence electrons. The van der Waals surface area contributed by atoms with Crippen LogP contribution in [0.2, 0.25) is 0 Å². The predicted octanol–water partition coefficient (Wildman–Crippen LogP) is -0.452. The van der Waals surface area contributed by atoms with Gasteiger partial charge in [0.1, 0.15) is 0 Å². The number of aromatic nitrogens is 2. The van der Waals surface area contributed by atoms with E-state index in [4.69, 9.17) is 5.73 Å². The molecule has 0 saturated heterocycles. The van der Waals surface area contributed by atoms with E-state index in [9.17, 15) is 4.79 Å². The lowest BCUT2D eigenvalue weighted by Crippen LogP contribution is -2.29. The van der Waals surface area contributed by atoms with E-state index in [0.717, 1.165) is 12.1 Å². The smallest absolute Gasteiger partial charge is 0.255 e. The Bertz CT molecular complexity index is 333. The molecular weight excluding hydrogens is 168 g/mol. The molecule has 1 amide bonds. The van der Waals surface area contributed by atoms with Crippen molar-refractivity contribution < 1.29 is 4.79 Å². The van der Waals surface area contributed by atoms with Crippen LogP contribution < -0.4 is 11.1 Å². The zero-order valence-electron chi connectivity index (χ0n) is 7.37. The van der Waals surface area contributed by atoms with E-state index >= 15 is 0 Å². The molecule has 2 atom stereocenters. The SMILES string of the molecule is Cc1[nH]ncc1C(=O)NC1CC1N. The summed E-state index contributed by atoms with van der Waals surface area (Å²) in [5, 5.41) is 9.31. The lowest BCUT2D eigenvalue weighted by molar-refractivity contribution is 0.0950. The van der Waals surface area contributed by atoms with Gasteiger partial charge in [0.05, 0.1) is 11.8 Å². The average molecular weight is 180 g/mol. The largest absolute Gasteiger partial charge is 0.348 e. The van der Waals surface area contributed by atoms with Gasteiger partial charge < -0.3 is 11.1 Å². The van der Waals surface area contributed by atoms with Crippen molar-refractivity contribution in [2.75, 3.05) is 0 Å². The second kappa shape index (κ2) is 2.85. The molecule has 0 bridgehead atoms. The van der Waals surface area contributed by atoms with Gasteiger partial charge in [-0.15, -0.1) is 0 Å². The number of nitrogens with two attached hydrogens (primary N) is 1. The van der Waals surface area contributed by atoms with E-state index < -0.39 is 0 Å². The number of amides is 1. The maximum atomic E-state index is 11.5. The molecule has 5 nitrogen and oxygen atoms in total. The highest BCUT2D eigenvalue weighted by atomic mass is 16.1. The van der Waals surface area contributed by atoms with Crippen molar-refractivity contribution in [3.05, 3.63) is 17.5 Å². The number of hydrogen-bond acceptors (Lipinski definition) is 3. The van der Waals surface area contributed by atoms with Gasteiger partial charge in [-0.2, -0.15) is 5.10 Å². The van der Waals surface area contributed by atoms with E-state index in [0.29, 0.717) is 5.56 Å². The minimum Gasteiger partial charge on any atom is -0.348 e. The number of hydrogen-bond donors (Lipinski definition) is 3. The molecule has 1 aromatic heterocycles. The molecule has 2 unspecified atom stereocenters. The Hall–Kier alpha value is -1.36. The van der Waals surface area contributed by atoms with E-state index in [-0.39, 0.29) is 18.0 Å². The van der Waals surface area contributed by atoms with E-state index in [1.54, 1.807) is 0 Å². The van der Waals surface area contributed by atoms with Gasteiger partial charge >= 0.3 is 0 Å². The normalized spacial score (nSPS) is 25.7.